The van der Waals surface area contributed by atoms with Crippen LogP contribution in [-0.4, -0.2) is 37.0 Å². The smallest absolute Gasteiger partial charge is 0.189 e. The van der Waals surface area contributed by atoms with Crippen LogP contribution < -0.4 is 11.1 Å². The average Bonchev–Trinajstić information content (AvgIpc) is 2.27. The molecule has 0 radical (unpaired) electrons. The zero-order chi connectivity index (χ0) is 14.5. The van der Waals surface area contributed by atoms with Gasteiger partial charge in [-0.05, 0) is 40.4 Å². The van der Waals surface area contributed by atoms with E-state index in [2.05, 4.69) is 62.2 Å². The van der Waals surface area contributed by atoms with Gasteiger partial charge < -0.3 is 16.0 Å². The molecule has 1 unspecified atom stereocenters. The highest BCUT2D eigenvalue weighted by Crippen LogP contribution is 2.17. The van der Waals surface area contributed by atoms with Gasteiger partial charge in [0, 0.05) is 5.54 Å². The van der Waals surface area contributed by atoms with Crippen molar-refractivity contribution in [2.75, 3.05) is 20.6 Å². The summed E-state index contributed by atoms with van der Waals surface area (Å²) in [5, 5.41) is 3.17. The predicted octanol–water partition coefficient (Wildman–Crippen LogP) is 2.61. The quantitative estimate of drug-likeness (QED) is 0.472. The lowest BCUT2D eigenvalue weighted by molar-refractivity contribution is 0.306. The van der Waals surface area contributed by atoms with Crippen molar-refractivity contribution < 1.29 is 0 Å². The van der Waals surface area contributed by atoms with Crippen molar-refractivity contribution in [3.8, 4) is 0 Å². The van der Waals surface area contributed by atoms with Crippen molar-refractivity contribution in [3.05, 3.63) is 35.9 Å². The molecule has 0 aliphatic rings. The topological polar surface area (TPSA) is 53.6 Å². The summed E-state index contributed by atoms with van der Waals surface area (Å²) in [6, 6.07) is 10.6. The molecule has 0 amide bonds. The van der Waals surface area contributed by atoms with Crippen LogP contribution in [-0.2, 0) is 0 Å². The maximum Gasteiger partial charge on any atom is 0.189 e. The predicted molar refractivity (Wildman–Crippen MR) is 97.7 cm³/mol. The summed E-state index contributed by atoms with van der Waals surface area (Å²) in [6.07, 6.45) is 0. The fourth-order valence-electron chi connectivity index (χ4n) is 1.85. The van der Waals surface area contributed by atoms with Crippen LogP contribution in [0, 0.1) is 0 Å². The van der Waals surface area contributed by atoms with Crippen LogP contribution >= 0.6 is 24.0 Å². The van der Waals surface area contributed by atoms with E-state index in [0.29, 0.717) is 12.5 Å². The van der Waals surface area contributed by atoms with Crippen LogP contribution in [0.15, 0.2) is 35.3 Å². The van der Waals surface area contributed by atoms with E-state index in [9.17, 15) is 0 Å². The molecule has 20 heavy (non-hydrogen) atoms. The van der Waals surface area contributed by atoms with Crippen LogP contribution in [0.4, 0.5) is 0 Å². The summed E-state index contributed by atoms with van der Waals surface area (Å²) in [6.45, 7) is 6.84. The lowest BCUT2D eigenvalue weighted by Crippen LogP contribution is -2.45. The summed E-state index contributed by atoms with van der Waals surface area (Å²) < 4.78 is 0. The van der Waals surface area contributed by atoms with Gasteiger partial charge in [-0.15, -0.1) is 24.0 Å². The molecular weight excluding hydrogens is 363 g/mol. The Bertz CT molecular complexity index is 410. The van der Waals surface area contributed by atoms with E-state index < -0.39 is 0 Å². The summed E-state index contributed by atoms with van der Waals surface area (Å²) >= 11 is 0. The minimum Gasteiger partial charge on any atom is -0.370 e. The highest BCUT2D eigenvalue weighted by Gasteiger charge is 2.14. The monoisotopic (exact) mass is 390 g/mol. The van der Waals surface area contributed by atoms with Gasteiger partial charge in [-0.3, -0.25) is 4.99 Å². The Hall–Kier alpha value is -0.820. The van der Waals surface area contributed by atoms with Gasteiger partial charge in [-0.25, -0.2) is 0 Å². The van der Waals surface area contributed by atoms with E-state index >= 15 is 0 Å². The Kier molecular flexibility index (Phi) is 8.12. The number of hydrogen-bond acceptors (Lipinski definition) is 2. The van der Waals surface area contributed by atoms with Crippen LogP contribution in [0.1, 0.15) is 32.4 Å². The number of nitrogens with two attached hydrogens (primary N) is 1. The van der Waals surface area contributed by atoms with E-state index in [1.807, 2.05) is 18.2 Å². The van der Waals surface area contributed by atoms with E-state index in [-0.39, 0.29) is 35.6 Å². The van der Waals surface area contributed by atoms with Gasteiger partial charge in [0.2, 0.25) is 0 Å². The van der Waals surface area contributed by atoms with Gasteiger partial charge in [0.05, 0.1) is 12.6 Å². The van der Waals surface area contributed by atoms with Crippen molar-refractivity contribution >= 4 is 29.9 Å². The molecule has 0 aliphatic heterocycles. The fraction of sp³-hybridized carbons (Fsp3) is 0.533. The third-order valence-corrected chi connectivity index (χ3v) is 2.75. The molecule has 1 rings (SSSR count). The Morgan fingerprint density at radius 2 is 1.80 bits per heavy atom. The summed E-state index contributed by atoms with van der Waals surface area (Å²) in [5.41, 5.74) is 7.09. The molecule has 0 aliphatic carbocycles. The number of guanidine groups is 1. The van der Waals surface area contributed by atoms with Gasteiger partial charge in [-0.2, -0.15) is 0 Å². The Balaban J connectivity index is 0.00000361. The molecule has 0 heterocycles. The second-order valence-electron chi connectivity index (χ2n) is 5.99. The minimum absolute atomic E-state index is 0. The van der Waals surface area contributed by atoms with Crippen molar-refractivity contribution in [1.29, 1.82) is 0 Å². The lowest BCUT2D eigenvalue weighted by atomic mass is 10.1. The molecule has 1 atom stereocenters. The van der Waals surface area contributed by atoms with Crippen LogP contribution in [0.25, 0.3) is 0 Å². The van der Waals surface area contributed by atoms with E-state index in [4.69, 9.17) is 5.73 Å². The Morgan fingerprint density at radius 1 is 1.25 bits per heavy atom. The van der Waals surface area contributed by atoms with Crippen LogP contribution in [0.3, 0.4) is 0 Å². The van der Waals surface area contributed by atoms with Gasteiger partial charge in [0.1, 0.15) is 0 Å². The number of halogens is 1. The SMILES string of the molecule is CN(C)C(CN=C(N)NC(C)(C)C)c1ccccc1.I. The summed E-state index contributed by atoms with van der Waals surface area (Å²) in [5.74, 6) is 0.496. The Morgan fingerprint density at radius 3 is 2.25 bits per heavy atom. The van der Waals surface area contributed by atoms with Crippen molar-refractivity contribution in [2.45, 2.75) is 32.4 Å². The average molecular weight is 390 g/mol. The second-order valence-corrected chi connectivity index (χ2v) is 5.99. The fourth-order valence-corrected chi connectivity index (χ4v) is 1.85. The molecule has 4 nitrogen and oxygen atoms in total. The maximum atomic E-state index is 5.91. The molecular formula is C15H27IN4. The molecule has 5 heteroatoms. The van der Waals surface area contributed by atoms with E-state index in [0.717, 1.165) is 0 Å². The molecule has 114 valence electrons. The first-order chi connectivity index (χ1) is 8.79. The number of rotatable bonds is 4. The first-order valence-corrected chi connectivity index (χ1v) is 6.59. The molecule has 1 aromatic rings. The van der Waals surface area contributed by atoms with Crippen molar-refractivity contribution in [2.24, 2.45) is 10.7 Å². The maximum absolute atomic E-state index is 5.91. The molecule has 0 bridgehead atoms. The first-order valence-electron chi connectivity index (χ1n) is 6.59. The summed E-state index contributed by atoms with van der Waals surface area (Å²) in [7, 11) is 4.11. The van der Waals surface area contributed by atoms with Crippen molar-refractivity contribution in [3.63, 3.8) is 0 Å². The van der Waals surface area contributed by atoms with Gasteiger partial charge in [-0.1, -0.05) is 30.3 Å². The van der Waals surface area contributed by atoms with Gasteiger partial charge in [0.25, 0.3) is 0 Å². The normalized spacial score (nSPS) is 13.8. The highest BCUT2D eigenvalue weighted by atomic mass is 127. The molecule has 0 fully saturated rings. The largest absolute Gasteiger partial charge is 0.370 e. The number of likely N-dealkylation sites (N-methyl/N-ethyl adjacent to an activating group) is 1. The number of nitrogens with zero attached hydrogens (tertiary/aromatic N) is 2. The molecule has 1 aromatic carbocycles. The first kappa shape index (κ1) is 19.2. The van der Waals surface area contributed by atoms with Crippen LogP contribution in [0.5, 0.6) is 0 Å². The van der Waals surface area contributed by atoms with Crippen molar-refractivity contribution in [1.82, 2.24) is 10.2 Å². The summed E-state index contributed by atoms with van der Waals surface area (Å²) in [4.78, 5) is 6.61. The Labute approximate surface area is 139 Å². The third-order valence-electron chi connectivity index (χ3n) is 2.75. The molecule has 3 N–H and O–H groups in total. The van der Waals surface area contributed by atoms with E-state index in [1.165, 1.54) is 5.56 Å². The molecule has 0 aromatic heterocycles. The van der Waals surface area contributed by atoms with Gasteiger partial charge in [0.15, 0.2) is 5.96 Å². The highest BCUT2D eigenvalue weighted by molar-refractivity contribution is 14.0. The zero-order valence-electron chi connectivity index (χ0n) is 13.1. The van der Waals surface area contributed by atoms with Crippen LogP contribution in [0.2, 0.25) is 0 Å². The molecule has 0 saturated carbocycles. The number of benzene rings is 1. The molecule has 0 spiro atoms. The lowest BCUT2D eigenvalue weighted by Gasteiger charge is -2.25. The standard InChI is InChI=1S/C15H26N4.HI/c1-15(2,3)18-14(16)17-11-13(19(4)5)12-9-7-6-8-10-12;/h6-10,13H,11H2,1-5H3,(H3,16,17,18);1H. The molecule has 0 saturated heterocycles. The number of hydrogen-bond donors (Lipinski definition) is 2. The minimum atomic E-state index is -0.0616. The van der Waals surface area contributed by atoms with E-state index in [1.54, 1.807) is 0 Å². The number of nitrogens with one attached hydrogen (secondary N) is 1. The zero-order valence-corrected chi connectivity index (χ0v) is 15.4. The number of aliphatic imine (C=N–C) groups is 1. The third kappa shape index (κ3) is 7.09. The second kappa shape index (κ2) is 8.46. The van der Waals surface area contributed by atoms with Gasteiger partial charge >= 0.3 is 0 Å².